The van der Waals surface area contributed by atoms with Crippen LogP contribution in [0, 0.1) is 0 Å². The van der Waals surface area contributed by atoms with E-state index in [0.29, 0.717) is 0 Å². The van der Waals surface area contributed by atoms with Crippen LogP contribution in [-0.4, -0.2) is 36.0 Å². The Labute approximate surface area is 87.6 Å². The molecular weight excluding hydrogens is 172 g/mol. The zero-order valence-electron chi connectivity index (χ0n) is 9.12. The van der Waals surface area contributed by atoms with Crippen molar-refractivity contribution in [3.63, 3.8) is 0 Å². The van der Waals surface area contributed by atoms with Crippen molar-refractivity contribution in [2.24, 2.45) is 0 Å². The molecule has 0 aromatic heterocycles. The summed E-state index contributed by atoms with van der Waals surface area (Å²) >= 11 is 0. The lowest BCUT2D eigenvalue weighted by Gasteiger charge is -2.28. The molecule has 2 aliphatic heterocycles. The van der Waals surface area contributed by atoms with Crippen molar-refractivity contribution in [2.45, 2.75) is 38.5 Å². The number of likely N-dealkylation sites (tertiary alicyclic amines) is 2. The van der Waals surface area contributed by atoms with Gasteiger partial charge in [0.05, 0.1) is 0 Å². The van der Waals surface area contributed by atoms with Gasteiger partial charge in [-0.2, -0.15) is 0 Å². The highest BCUT2D eigenvalue weighted by atomic mass is 15.2. The molecular formula is C12H22N2. The standard InChI is InChI=1S/C12H22N2/c1-3-7-13(8-4-1)11-12-14-9-5-2-6-10-14/h11-12H,1-10H2/b12-11+. The van der Waals surface area contributed by atoms with Crippen LogP contribution in [0.1, 0.15) is 38.5 Å². The fourth-order valence-corrected chi connectivity index (χ4v) is 2.32. The van der Waals surface area contributed by atoms with E-state index in [1.807, 2.05) is 0 Å². The molecule has 0 radical (unpaired) electrons. The van der Waals surface area contributed by atoms with E-state index in [4.69, 9.17) is 0 Å². The molecule has 0 saturated carbocycles. The Hall–Kier alpha value is -0.660. The van der Waals surface area contributed by atoms with E-state index in [0.717, 1.165) is 0 Å². The third-order valence-corrected chi connectivity index (χ3v) is 3.27. The van der Waals surface area contributed by atoms with Gasteiger partial charge in [0.25, 0.3) is 0 Å². The molecule has 0 aliphatic carbocycles. The van der Waals surface area contributed by atoms with Crippen LogP contribution in [0.4, 0.5) is 0 Å². The van der Waals surface area contributed by atoms with Gasteiger partial charge in [-0.3, -0.25) is 0 Å². The van der Waals surface area contributed by atoms with E-state index in [9.17, 15) is 0 Å². The lowest BCUT2D eigenvalue weighted by molar-refractivity contribution is 0.280. The second kappa shape index (κ2) is 5.28. The average molecular weight is 194 g/mol. The van der Waals surface area contributed by atoms with Crippen LogP contribution in [0.5, 0.6) is 0 Å². The highest BCUT2D eigenvalue weighted by Gasteiger charge is 2.07. The average Bonchev–Trinajstić information content (AvgIpc) is 2.29. The van der Waals surface area contributed by atoms with Crippen LogP contribution in [0.15, 0.2) is 12.4 Å². The molecule has 0 aromatic rings. The van der Waals surface area contributed by atoms with Gasteiger partial charge in [0, 0.05) is 38.6 Å². The molecule has 0 atom stereocenters. The van der Waals surface area contributed by atoms with Crippen molar-refractivity contribution in [2.75, 3.05) is 26.2 Å². The molecule has 2 aliphatic rings. The summed E-state index contributed by atoms with van der Waals surface area (Å²) in [5.41, 5.74) is 0. The van der Waals surface area contributed by atoms with Gasteiger partial charge < -0.3 is 9.80 Å². The van der Waals surface area contributed by atoms with E-state index >= 15 is 0 Å². The number of nitrogens with zero attached hydrogens (tertiary/aromatic N) is 2. The lowest BCUT2D eigenvalue weighted by Crippen LogP contribution is -2.28. The molecule has 0 bridgehead atoms. The predicted molar refractivity (Wildman–Crippen MR) is 60.0 cm³/mol. The Morgan fingerprint density at radius 3 is 1.21 bits per heavy atom. The van der Waals surface area contributed by atoms with Gasteiger partial charge in [-0.25, -0.2) is 0 Å². The first kappa shape index (κ1) is 9.88. The fraction of sp³-hybridized carbons (Fsp3) is 0.833. The molecule has 0 aromatic carbocycles. The van der Waals surface area contributed by atoms with Gasteiger partial charge >= 0.3 is 0 Å². The Kier molecular flexibility index (Phi) is 3.72. The first-order valence-corrected chi connectivity index (χ1v) is 6.11. The minimum Gasteiger partial charge on any atom is -0.376 e. The predicted octanol–water partition coefficient (Wildman–Crippen LogP) is 2.43. The van der Waals surface area contributed by atoms with Crippen molar-refractivity contribution >= 4 is 0 Å². The van der Waals surface area contributed by atoms with E-state index in [2.05, 4.69) is 22.2 Å². The molecule has 2 saturated heterocycles. The van der Waals surface area contributed by atoms with Crippen molar-refractivity contribution in [3.05, 3.63) is 12.4 Å². The van der Waals surface area contributed by atoms with Crippen LogP contribution in [-0.2, 0) is 0 Å². The molecule has 0 spiro atoms. The molecule has 2 nitrogen and oxygen atoms in total. The van der Waals surface area contributed by atoms with Gasteiger partial charge in [0.2, 0.25) is 0 Å². The summed E-state index contributed by atoms with van der Waals surface area (Å²) < 4.78 is 0. The van der Waals surface area contributed by atoms with Crippen LogP contribution in [0.25, 0.3) is 0 Å². The molecule has 0 N–H and O–H groups in total. The topological polar surface area (TPSA) is 6.48 Å². The quantitative estimate of drug-likeness (QED) is 0.666. The largest absolute Gasteiger partial charge is 0.376 e. The van der Waals surface area contributed by atoms with Crippen LogP contribution < -0.4 is 0 Å². The zero-order valence-corrected chi connectivity index (χ0v) is 9.12. The van der Waals surface area contributed by atoms with Crippen LogP contribution in [0.2, 0.25) is 0 Å². The fourth-order valence-electron chi connectivity index (χ4n) is 2.32. The molecule has 2 heterocycles. The lowest BCUT2D eigenvalue weighted by atomic mass is 10.1. The van der Waals surface area contributed by atoms with Gasteiger partial charge in [-0.15, -0.1) is 0 Å². The molecule has 0 unspecified atom stereocenters. The van der Waals surface area contributed by atoms with E-state index in [-0.39, 0.29) is 0 Å². The summed E-state index contributed by atoms with van der Waals surface area (Å²) in [7, 11) is 0. The van der Waals surface area contributed by atoms with E-state index in [1.165, 1.54) is 64.7 Å². The molecule has 2 fully saturated rings. The minimum atomic E-state index is 1.27. The molecule has 14 heavy (non-hydrogen) atoms. The highest BCUT2D eigenvalue weighted by Crippen LogP contribution is 2.11. The van der Waals surface area contributed by atoms with Crippen molar-refractivity contribution in [1.82, 2.24) is 9.80 Å². The van der Waals surface area contributed by atoms with Crippen molar-refractivity contribution in [1.29, 1.82) is 0 Å². The Bertz CT molecular complexity index is 157. The first-order chi connectivity index (χ1) is 6.95. The Morgan fingerprint density at radius 1 is 0.500 bits per heavy atom. The van der Waals surface area contributed by atoms with Gasteiger partial charge in [0.15, 0.2) is 0 Å². The SMILES string of the molecule is C(=C\N1CCCCC1)/N1CCCCC1. The number of piperidine rings is 2. The maximum atomic E-state index is 2.47. The van der Waals surface area contributed by atoms with E-state index in [1.54, 1.807) is 0 Å². The zero-order chi connectivity index (χ0) is 9.64. The van der Waals surface area contributed by atoms with Crippen molar-refractivity contribution in [3.8, 4) is 0 Å². The maximum Gasteiger partial charge on any atom is 0.0173 e. The Balaban J connectivity index is 1.73. The summed E-state index contributed by atoms with van der Waals surface area (Å²) in [4.78, 5) is 4.94. The number of hydrogen-bond acceptors (Lipinski definition) is 2. The first-order valence-electron chi connectivity index (χ1n) is 6.11. The molecule has 2 rings (SSSR count). The van der Waals surface area contributed by atoms with Gasteiger partial charge in [-0.1, -0.05) is 0 Å². The summed E-state index contributed by atoms with van der Waals surface area (Å²) in [5, 5.41) is 0. The third-order valence-electron chi connectivity index (χ3n) is 3.27. The molecule has 2 heteroatoms. The van der Waals surface area contributed by atoms with E-state index < -0.39 is 0 Å². The van der Waals surface area contributed by atoms with Crippen LogP contribution >= 0.6 is 0 Å². The monoisotopic (exact) mass is 194 g/mol. The van der Waals surface area contributed by atoms with Crippen LogP contribution in [0.3, 0.4) is 0 Å². The minimum absolute atomic E-state index is 1.27. The third kappa shape index (κ3) is 2.93. The summed E-state index contributed by atoms with van der Waals surface area (Å²) in [6, 6.07) is 0. The summed E-state index contributed by atoms with van der Waals surface area (Å²) in [6.07, 6.45) is 13.0. The highest BCUT2D eigenvalue weighted by molar-refractivity contribution is 4.85. The smallest absolute Gasteiger partial charge is 0.0173 e. The normalized spacial score (nSPS) is 24.6. The summed E-state index contributed by atoms with van der Waals surface area (Å²) in [5.74, 6) is 0. The number of rotatable bonds is 2. The molecule has 0 amide bonds. The maximum absolute atomic E-state index is 2.47. The summed E-state index contributed by atoms with van der Waals surface area (Å²) in [6.45, 7) is 5.07. The molecule has 80 valence electrons. The van der Waals surface area contributed by atoms with Gasteiger partial charge in [0.1, 0.15) is 0 Å². The Morgan fingerprint density at radius 2 is 0.857 bits per heavy atom. The number of hydrogen-bond donors (Lipinski definition) is 0. The second-order valence-corrected chi connectivity index (χ2v) is 4.49. The van der Waals surface area contributed by atoms with Crippen molar-refractivity contribution < 1.29 is 0 Å². The second-order valence-electron chi connectivity index (χ2n) is 4.49. The van der Waals surface area contributed by atoms with Gasteiger partial charge in [-0.05, 0) is 38.5 Å².